The smallest absolute Gasteiger partial charge is 0.257 e. The van der Waals surface area contributed by atoms with E-state index >= 15 is 0 Å². The van der Waals surface area contributed by atoms with Crippen LogP contribution in [-0.2, 0) is 10.0 Å². The van der Waals surface area contributed by atoms with E-state index in [4.69, 9.17) is 0 Å². The Kier molecular flexibility index (Phi) is 13.1. The van der Waals surface area contributed by atoms with E-state index < -0.39 is 10.0 Å². The molecule has 0 unspecified atom stereocenters. The fraction of sp³-hybridized carbons (Fsp3) is 0.438. The summed E-state index contributed by atoms with van der Waals surface area (Å²) in [5.74, 6) is 0. The van der Waals surface area contributed by atoms with E-state index in [1.807, 2.05) is 73.6 Å². The largest absolute Gasteiger partial charge is 0.378 e. The van der Waals surface area contributed by atoms with Crippen LogP contribution in [-0.4, -0.2) is 29.1 Å². The Hall–Kier alpha value is -3.23. The van der Waals surface area contributed by atoms with Crippen molar-refractivity contribution in [2.24, 2.45) is 10.2 Å². The molecule has 0 heterocycles. The lowest BCUT2D eigenvalue weighted by Gasteiger charge is -2.25. The maximum atomic E-state index is 13.3. The third kappa shape index (κ3) is 10.7. The predicted molar refractivity (Wildman–Crippen MR) is 167 cm³/mol. The van der Waals surface area contributed by atoms with Crippen LogP contribution in [0.15, 0.2) is 94.0 Å². The molecule has 0 spiro atoms. The predicted octanol–water partition coefficient (Wildman–Crippen LogP) is 8.79. The van der Waals surface area contributed by atoms with Gasteiger partial charge in [-0.05, 0) is 67.1 Å². The van der Waals surface area contributed by atoms with Gasteiger partial charge in [0, 0.05) is 26.3 Å². The lowest BCUT2D eigenvalue weighted by Crippen LogP contribution is -2.43. The number of hydrogen-bond donors (Lipinski definition) is 1. The summed E-state index contributed by atoms with van der Waals surface area (Å²) in [6.45, 7) is 2.86. The summed E-state index contributed by atoms with van der Waals surface area (Å²) < 4.78 is 26.5. The molecule has 3 rings (SSSR count). The first kappa shape index (κ1) is 31.3. The maximum Gasteiger partial charge on any atom is 0.257 e. The number of azo groups is 1. The van der Waals surface area contributed by atoms with E-state index in [0.29, 0.717) is 12.2 Å². The SMILES string of the molecule is CCCCCCCCCCCCN(NS(=O)(=O)c1ccc(N=Nc2ccc(N(C)C)cc2)cc1)c1ccccc1. The van der Waals surface area contributed by atoms with Crippen molar-refractivity contribution >= 4 is 32.8 Å². The zero-order valence-corrected chi connectivity index (χ0v) is 25.1. The highest BCUT2D eigenvalue weighted by Gasteiger charge is 2.19. The minimum absolute atomic E-state index is 0.186. The number of hydrogen-bond acceptors (Lipinski definition) is 6. The van der Waals surface area contributed by atoms with Crippen molar-refractivity contribution in [2.45, 2.75) is 76.0 Å². The number of unbranched alkanes of at least 4 members (excludes halogenated alkanes) is 9. The molecule has 0 aliphatic heterocycles. The molecule has 1 N–H and O–H groups in total. The maximum absolute atomic E-state index is 13.3. The van der Waals surface area contributed by atoms with Crippen molar-refractivity contribution in [3.8, 4) is 0 Å². The van der Waals surface area contributed by atoms with Crippen molar-refractivity contribution in [1.29, 1.82) is 0 Å². The third-order valence-electron chi connectivity index (χ3n) is 6.83. The second-order valence-corrected chi connectivity index (χ2v) is 12.0. The van der Waals surface area contributed by atoms with Crippen LogP contribution >= 0.6 is 0 Å². The molecule has 0 amide bonds. The first-order valence-corrected chi connectivity index (χ1v) is 16.0. The summed E-state index contributed by atoms with van der Waals surface area (Å²) in [6, 6.07) is 23.8. The lowest BCUT2D eigenvalue weighted by atomic mass is 10.1. The first-order valence-electron chi connectivity index (χ1n) is 14.5. The number of sulfonamides is 1. The molecule has 0 atom stereocenters. The van der Waals surface area contributed by atoms with Crippen LogP contribution in [0.4, 0.5) is 22.7 Å². The molecule has 3 aromatic rings. The lowest BCUT2D eigenvalue weighted by molar-refractivity contribution is 0.546. The Labute approximate surface area is 241 Å². The second-order valence-electron chi connectivity index (χ2n) is 10.4. The topological polar surface area (TPSA) is 77.4 Å². The third-order valence-corrected chi connectivity index (χ3v) is 8.18. The van der Waals surface area contributed by atoms with Crippen LogP contribution in [0.5, 0.6) is 0 Å². The summed E-state index contributed by atoms with van der Waals surface area (Å²) >= 11 is 0. The molecule has 0 saturated carbocycles. The second kappa shape index (κ2) is 16.8. The van der Waals surface area contributed by atoms with Crippen molar-refractivity contribution in [3.63, 3.8) is 0 Å². The standard InChI is InChI=1S/C32H45N5O2S/c1-4-5-6-7-8-9-10-11-12-16-27-37(31-17-14-13-15-18-31)35-40(38,39)32-25-21-29(22-26-32)34-33-28-19-23-30(24-20-28)36(2)3/h13-15,17-26,35H,4-12,16,27H2,1-3H3. The molecule has 0 aromatic heterocycles. The molecule has 7 nitrogen and oxygen atoms in total. The normalized spacial score (nSPS) is 11.7. The molecule has 0 aliphatic rings. The van der Waals surface area contributed by atoms with Gasteiger partial charge in [0.25, 0.3) is 10.0 Å². The molecule has 40 heavy (non-hydrogen) atoms. The molecule has 8 heteroatoms. The van der Waals surface area contributed by atoms with E-state index in [1.54, 1.807) is 29.3 Å². The van der Waals surface area contributed by atoms with E-state index in [1.165, 1.54) is 51.4 Å². The van der Waals surface area contributed by atoms with Crippen LogP contribution in [0.2, 0.25) is 0 Å². The van der Waals surface area contributed by atoms with Crippen molar-refractivity contribution in [2.75, 3.05) is 30.5 Å². The molecule has 0 aliphatic carbocycles. The van der Waals surface area contributed by atoms with E-state index in [0.717, 1.165) is 29.9 Å². The molecule has 216 valence electrons. The molecule has 0 saturated heterocycles. The highest BCUT2D eigenvalue weighted by Crippen LogP contribution is 2.23. The number of nitrogens with zero attached hydrogens (tertiary/aromatic N) is 4. The average Bonchev–Trinajstić information content (AvgIpc) is 2.97. The van der Waals surface area contributed by atoms with Gasteiger partial charge in [0.05, 0.1) is 22.0 Å². The zero-order chi connectivity index (χ0) is 28.6. The van der Waals surface area contributed by atoms with Gasteiger partial charge in [-0.3, -0.25) is 5.01 Å². The van der Waals surface area contributed by atoms with Gasteiger partial charge in [-0.25, -0.2) is 8.42 Å². The van der Waals surface area contributed by atoms with Crippen LogP contribution in [0, 0.1) is 0 Å². The summed E-state index contributed by atoms with van der Waals surface area (Å²) in [5.41, 5.74) is 3.22. The number of rotatable bonds is 18. The highest BCUT2D eigenvalue weighted by molar-refractivity contribution is 7.89. The van der Waals surface area contributed by atoms with Crippen LogP contribution < -0.4 is 14.7 Å². The molecule has 0 radical (unpaired) electrons. The van der Waals surface area contributed by atoms with E-state index in [2.05, 4.69) is 22.0 Å². The monoisotopic (exact) mass is 563 g/mol. The van der Waals surface area contributed by atoms with Gasteiger partial charge in [0.15, 0.2) is 0 Å². The van der Waals surface area contributed by atoms with E-state index in [9.17, 15) is 8.42 Å². The molecule has 3 aromatic carbocycles. The molecular weight excluding hydrogens is 518 g/mol. The van der Waals surface area contributed by atoms with Crippen LogP contribution in [0.25, 0.3) is 0 Å². The summed E-state index contributed by atoms with van der Waals surface area (Å²) in [7, 11) is 0.201. The number of nitrogens with one attached hydrogen (secondary N) is 1. The molecule has 0 fully saturated rings. The Balaban J connectivity index is 1.55. The number of para-hydroxylation sites is 1. The molecular formula is C32H45N5O2S. The van der Waals surface area contributed by atoms with Gasteiger partial charge >= 0.3 is 0 Å². The Morgan fingerprint density at radius 2 is 1.12 bits per heavy atom. The molecule has 0 bridgehead atoms. The van der Waals surface area contributed by atoms with Crippen molar-refractivity contribution < 1.29 is 8.42 Å². The van der Waals surface area contributed by atoms with Crippen molar-refractivity contribution in [1.82, 2.24) is 4.83 Å². The Bertz CT molecular complexity index is 1240. The Morgan fingerprint density at radius 1 is 0.625 bits per heavy atom. The minimum Gasteiger partial charge on any atom is -0.378 e. The summed E-state index contributed by atoms with van der Waals surface area (Å²) in [5, 5.41) is 10.3. The van der Waals surface area contributed by atoms with Gasteiger partial charge in [0.1, 0.15) is 0 Å². The summed E-state index contributed by atoms with van der Waals surface area (Å²) in [4.78, 5) is 5.00. The van der Waals surface area contributed by atoms with Gasteiger partial charge in [-0.2, -0.15) is 10.2 Å². The van der Waals surface area contributed by atoms with Crippen LogP contribution in [0.3, 0.4) is 0 Å². The van der Waals surface area contributed by atoms with Crippen LogP contribution in [0.1, 0.15) is 71.1 Å². The van der Waals surface area contributed by atoms with Gasteiger partial charge in [-0.1, -0.05) is 82.9 Å². The zero-order valence-electron chi connectivity index (χ0n) is 24.3. The average molecular weight is 564 g/mol. The van der Waals surface area contributed by atoms with E-state index in [-0.39, 0.29) is 4.90 Å². The fourth-order valence-corrected chi connectivity index (χ4v) is 5.50. The van der Waals surface area contributed by atoms with Gasteiger partial charge in [-0.15, -0.1) is 4.83 Å². The summed E-state index contributed by atoms with van der Waals surface area (Å²) in [6.07, 6.45) is 12.3. The first-order chi connectivity index (χ1) is 19.4. The van der Waals surface area contributed by atoms with Crippen molar-refractivity contribution in [3.05, 3.63) is 78.9 Å². The van der Waals surface area contributed by atoms with Gasteiger partial charge in [0.2, 0.25) is 0 Å². The number of benzene rings is 3. The Morgan fingerprint density at radius 3 is 1.65 bits per heavy atom. The van der Waals surface area contributed by atoms with Gasteiger partial charge < -0.3 is 4.90 Å². The number of anilines is 2. The quantitative estimate of drug-likeness (QED) is 0.0953. The number of hydrazine groups is 1. The fourth-order valence-electron chi connectivity index (χ4n) is 4.42. The highest BCUT2D eigenvalue weighted by atomic mass is 32.2. The minimum atomic E-state index is -3.77.